The Morgan fingerprint density at radius 2 is 2.00 bits per heavy atom. The third-order valence-corrected chi connectivity index (χ3v) is 5.76. The van der Waals surface area contributed by atoms with Gasteiger partial charge in [-0.1, -0.05) is 6.07 Å². The van der Waals surface area contributed by atoms with Gasteiger partial charge in [-0.3, -0.25) is 4.72 Å². The Hall–Kier alpha value is -1.45. The number of benzene rings is 1. The van der Waals surface area contributed by atoms with Crippen LogP contribution >= 0.6 is 27.3 Å². The second kappa shape index (κ2) is 5.51. The molecule has 0 radical (unpaired) electrons. The van der Waals surface area contributed by atoms with Gasteiger partial charge in [0.2, 0.25) is 0 Å². The fraction of sp³-hybridized carbons (Fsp3) is 0. The number of carboxylic acids is 1. The molecule has 0 bridgehead atoms. The smallest absolute Gasteiger partial charge is 0.337 e. The van der Waals surface area contributed by atoms with Crippen LogP contribution in [0.2, 0.25) is 0 Å². The zero-order valence-electron chi connectivity index (χ0n) is 9.63. The maximum atomic E-state index is 13.7. The van der Waals surface area contributed by atoms with Crippen molar-refractivity contribution in [2.45, 2.75) is 4.21 Å². The van der Waals surface area contributed by atoms with Gasteiger partial charge in [0.15, 0.2) is 0 Å². The predicted octanol–water partition coefficient (Wildman–Crippen LogP) is 3.15. The molecule has 0 unspecified atom stereocenters. The fourth-order valence-corrected chi connectivity index (χ4v) is 4.53. The summed E-state index contributed by atoms with van der Waals surface area (Å²) < 4.78 is 40.3. The topological polar surface area (TPSA) is 83.5 Å². The normalized spacial score (nSPS) is 11.3. The van der Waals surface area contributed by atoms with Crippen molar-refractivity contribution in [1.29, 1.82) is 0 Å². The van der Waals surface area contributed by atoms with Crippen molar-refractivity contribution in [1.82, 2.24) is 0 Å². The molecule has 0 spiro atoms. The van der Waals surface area contributed by atoms with E-state index in [1.165, 1.54) is 18.2 Å². The van der Waals surface area contributed by atoms with Gasteiger partial charge in [-0.2, -0.15) is 0 Å². The zero-order valence-corrected chi connectivity index (χ0v) is 12.9. The number of rotatable bonds is 4. The number of aromatic carboxylic acids is 1. The number of carbonyl (C=O) groups is 1. The molecule has 2 N–H and O–H groups in total. The maximum absolute atomic E-state index is 13.7. The maximum Gasteiger partial charge on any atom is 0.337 e. The molecule has 0 fully saturated rings. The third-order valence-electron chi connectivity index (χ3n) is 2.29. The summed E-state index contributed by atoms with van der Waals surface area (Å²) in [7, 11) is -4.04. The molecule has 0 saturated carbocycles. The Balaban J connectivity index is 2.47. The van der Waals surface area contributed by atoms with E-state index in [2.05, 4.69) is 15.9 Å². The lowest BCUT2D eigenvalue weighted by molar-refractivity contribution is 0.0697. The van der Waals surface area contributed by atoms with Gasteiger partial charge in [0.1, 0.15) is 10.0 Å². The fourth-order valence-electron chi connectivity index (χ4n) is 1.43. The molecule has 0 amide bonds. The number of nitrogens with one attached hydrogen (secondary N) is 1. The molecule has 0 saturated heterocycles. The number of hydrogen-bond acceptors (Lipinski definition) is 4. The molecule has 2 aromatic rings. The highest BCUT2D eigenvalue weighted by Crippen LogP contribution is 2.29. The molecule has 1 heterocycles. The van der Waals surface area contributed by atoms with Crippen molar-refractivity contribution in [3.05, 3.63) is 45.5 Å². The van der Waals surface area contributed by atoms with E-state index in [1.54, 1.807) is 0 Å². The predicted molar refractivity (Wildman–Crippen MR) is 76.2 cm³/mol. The SMILES string of the molecule is O=C(O)c1cccc(F)c1NS(=O)(=O)c1ccc(Br)s1. The molecule has 1 aromatic heterocycles. The van der Waals surface area contributed by atoms with Crippen LogP contribution in [-0.2, 0) is 10.0 Å². The summed E-state index contributed by atoms with van der Waals surface area (Å²) in [6, 6.07) is 6.15. The minimum absolute atomic E-state index is 0.0519. The van der Waals surface area contributed by atoms with E-state index in [0.717, 1.165) is 23.5 Å². The molecule has 0 aliphatic carbocycles. The van der Waals surface area contributed by atoms with E-state index in [1.807, 2.05) is 4.72 Å². The van der Waals surface area contributed by atoms with Crippen LogP contribution in [0.1, 0.15) is 10.4 Å². The standard InChI is InChI=1S/C11H7BrFNO4S2/c12-8-4-5-9(19-8)20(17,18)14-10-6(11(15)16)2-1-3-7(10)13/h1-5,14H,(H,15,16). The van der Waals surface area contributed by atoms with Crippen molar-refractivity contribution in [2.75, 3.05) is 4.72 Å². The molecule has 0 atom stereocenters. The lowest BCUT2D eigenvalue weighted by Crippen LogP contribution is -2.15. The van der Waals surface area contributed by atoms with Gasteiger partial charge in [0.05, 0.1) is 15.0 Å². The Kier molecular flexibility index (Phi) is 4.11. The summed E-state index contributed by atoms with van der Waals surface area (Å²) in [6.07, 6.45) is 0. The van der Waals surface area contributed by atoms with Crippen molar-refractivity contribution in [2.24, 2.45) is 0 Å². The van der Waals surface area contributed by atoms with Gasteiger partial charge in [0.25, 0.3) is 10.0 Å². The largest absolute Gasteiger partial charge is 0.478 e. The van der Waals surface area contributed by atoms with Crippen LogP contribution in [-0.4, -0.2) is 19.5 Å². The van der Waals surface area contributed by atoms with Gasteiger partial charge >= 0.3 is 5.97 Å². The summed E-state index contributed by atoms with van der Waals surface area (Å²) in [5.74, 6) is -2.38. The minimum atomic E-state index is -4.04. The first-order valence-corrected chi connectivity index (χ1v) is 8.20. The molecule has 0 aliphatic rings. The highest BCUT2D eigenvalue weighted by molar-refractivity contribution is 9.11. The van der Waals surface area contributed by atoms with Gasteiger partial charge in [-0.25, -0.2) is 17.6 Å². The van der Waals surface area contributed by atoms with Crippen molar-refractivity contribution in [3.8, 4) is 0 Å². The van der Waals surface area contributed by atoms with Crippen LogP contribution < -0.4 is 4.72 Å². The summed E-state index contributed by atoms with van der Waals surface area (Å²) in [5, 5.41) is 8.96. The molecule has 9 heteroatoms. The highest BCUT2D eigenvalue weighted by Gasteiger charge is 2.22. The minimum Gasteiger partial charge on any atom is -0.478 e. The zero-order chi connectivity index (χ0) is 14.9. The molecule has 2 rings (SSSR count). The van der Waals surface area contributed by atoms with Crippen LogP contribution in [0.4, 0.5) is 10.1 Å². The first kappa shape index (κ1) is 14.9. The van der Waals surface area contributed by atoms with E-state index < -0.39 is 33.1 Å². The average molecular weight is 380 g/mol. The summed E-state index contributed by atoms with van der Waals surface area (Å²) >= 11 is 4.05. The lowest BCUT2D eigenvalue weighted by atomic mass is 10.2. The van der Waals surface area contributed by atoms with Gasteiger partial charge in [0, 0.05) is 0 Å². The molecule has 1 aromatic carbocycles. The first-order valence-electron chi connectivity index (χ1n) is 5.11. The summed E-state index contributed by atoms with van der Waals surface area (Å²) in [6.45, 7) is 0. The average Bonchev–Trinajstić information content (AvgIpc) is 2.79. The van der Waals surface area contributed by atoms with Crippen molar-refractivity contribution < 1.29 is 22.7 Å². The molecule has 0 aliphatic heterocycles. The summed E-state index contributed by atoms with van der Waals surface area (Å²) in [4.78, 5) is 11.0. The number of anilines is 1. The third kappa shape index (κ3) is 3.00. The Morgan fingerprint density at radius 1 is 1.30 bits per heavy atom. The van der Waals surface area contributed by atoms with Crippen LogP contribution in [0.15, 0.2) is 38.3 Å². The van der Waals surface area contributed by atoms with E-state index in [-0.39, 0.29) is 4.21 Å². The number of hydrogen-bond donors (Lipinski definition) is 2. The quantitative estimate of drug-likeness (QED) is 0.854. The van der Waals surface area contributed by atoms with E-state index in [4.69, 9.17) is 5.11 Å². The van der Waals surface area contributed by atoms with Gasteiger partial charge < -0.3 is 5.11 Å². The monoisotopic (exact) mass is 379 g/mol. The van der Waals surface area contributed by atoms with Gasteiger partial charge in [-0.15, -0.1) is 11.3 Å². The molecule has 5 nitrogen and oxygen atoms in total. The molecule has 20 heavy (non-hydrogen) atoms. The number of sulfonamides is 1. The second-order valence-corrected chi connectivity index (χ2v) is 8.00. The number of carboxylic acid groups (broad SMARTS) is 1. The van der Waals surface area contributed by atoms with E-state index in [9.17, 15) is 17.6 Å². The first-order chi connectivity index (χ1) is 9.31. The van der Waals surface area contributed by atoms with Crippen molar-refractivity contribution in [3.63, 3.8) is 0 Å². The highest BCUT2D eigenvalue weighted by atomic mass is 79.9. The van der Waals surface area contributed by atoms with Crippen LogP contribution in [0.3, 0.4) is 0 Å². The molecule has 106 valence electrons. The molecular formula is C11H7BrFNO4S2. The van der Waals surface area contributed by atoms with Crippen molar-refractivity contribution >= 4 is 48.9 Å². The van der Waals surface area contributed by atoms with E-state index in [0.29, 0.717) is 3.79 Å². The Bertz CT molecular complexity index is 772. The second-order valence-electron chi connectivity index (χ2n) is 3.63. The van der Waals surface area contributed by atoms with Crippen LogP contribution in [0.5, 0.6) is 0 Å². The number of para-hydroxylation sites is 1. The van der Waals surface area contributed by atoms with E-state index >= 15 is 0 Å². The van der Waals surface area contributed by atoms with Crippen LogP contribution in [0.25, 0.3) is 0 Å². The number of halogens is 2. The summed E-state index contributed by atoms with van der Waals surface area (Å²) in [5.41, 5.74) is -1.03. The number of thiophene rings is 1. The lowest BCUT2D eigenvalue weighted by Gasteiger charge is -2.10. The van der Waals surface area contributed by atoms with Gasteiger partial charge in [-0.05, 0) is 40.2 Å². The molecular weight excluding hydrogens is 373 g/mol. The Morgan fingerprint density at radius 3 is 2.55 bits per heavy atom. The van der Waals surface area contributed by atoms with Crippen LogP contribution in [0, 0.1) is 5.82 Å². The Labute approximate surface area is 126 Å².